The lowest BCUT2D eigenvalue weighted by Gasteiger charge is -2.24. The Hall–Kier alpha value is -1.32. The van der Waals surface area contributed by atoms with Crippen molar-refractivity contribution < 1.29 is 5.11 Å². The molecule has 0 saturated carbocycles. The molecule has 0 aromatic heterocycles. The van der Waals surface area contributed by atoms with Crippen LogP contribution in [0.4, 0.5) is 0 Å². The first-order valence-corrected chi connectivity index (χ1v) is 7.70. The van der Waals surface area contributed by atoms with Crippen LogP contribution in [0.2, 0.25) is 0 Å². The average Bonchev–Trinajstić information content (AvgIpc) is 2.45. The second-order valence-electron chi connectivity index (χ2n) is 4.96. The van der Waals surface area contributed by atoms with Gasteiger partial charge in [-0.3, -0.25) is 0 Å². The zero-order valence-electron chi connectivity index (χ0n) is 11.8. The molecule has 2 nitrogen and oxygen atoms in total. The summed E-state index contributed by atoms with van der Waals surface area (Å²) >= 11 is 3.50. The zero-order valence-corrected chi connectivity index (χ0v) is 13.4. The van der Waals surface area contributed by atoms with Crippen LogP contribution < -0.4 is 5.32 Å². The number of para-hydroxylation sites is 1. The van der Waals surface area contributed by atoms with Crippen molar-refractivity contribution >= 4 is 15.9 Å². The van der Waals surface area contributed by atoms with Gasteiger partial charge >= 0.3 is 0 Å². The lowest BCUT2D eigenvalue weighted by atomic mass is 10.0. The van der Waals surface area contributed by atoms with Crippen molar-refractivity contribution in [3.05, 3.63) is 64.1 Å². The molecule has 0 aliphatic rings. The topological polar surface area (TPSA) is 32.3 Å². The molecule has 0 heterocycles. The predicted octanol–water partition coefficient (Wildman–Crippen LogP) is 4.96. The van der Waals surface area contributed by atoms with Gasteiger partial charge in [0.1, 0.15) is 5.75 Å². The minimum atomic E-state index is 0.144. The van der Waals surface area contributed by atoms with Crippen molar-refractivity contribution in [1.29, 1.82) is 0 Å². The van der Waals surface area contributed by atoms with Gasteiger partial charge in [-0.25, -0.2) is 0 Å². The van der Waals surface area contributed by atoms with Crippen molar-refractivity contribution in [3.63, 3.8) is 0 Å². The monoisotopic (exact) mass is 333 g/mol. The molecule has 1 unspecified atom stereocenters. The van der Waals surface area contributed by atoms with E-state index < -0.39 is 0 Å². The number of phenolic OH excluding ortho intramolecular Hbond substituents is 1. The normalized spacial score (nSPS) is 13.9. The highest BCUT2D eigenvalue weighted by Crippen LogP contribution is 2.28. The van der Waals surface area contributed by atoms with Crippen LogP contribution in [0, 0.1) is 0 Å². The minimum Gasteiger partial charge on any atom is -0.508 e. The highest BCUT2D eigenvalue weighted by Gasteiger charge is 2.16. The molecule has 0 fully saturated rings. The Morgan fingerprint density at radius 3 is 2.55 bits per heavy atom. The number of halogens is 1. The number of hydrogen-bond donors (Lipinski definition) is 2. The van der Waals surface area contributed by atoms with E-state index in [1.165, 1.54) is 5.56 Å². The molecule has 2 aromatic carbocycles. The molecule has 0 radical (unpaired) electrons. The van der Waals surface area contributed by atoms with Gasteiger partial charge < -0.3 is 10.4 Å². The fraction of sp³-hybridized carbons (Fsp3) is 0.294. The molecule has 0 bridgehead atoms. The Balaban J connectivity index is 2.16. The third kappa shape index (κ3) is 3.62. The first kappa shape index (κ1) is 15.1. The Kier molecular flexibility index (Phi) is 5.21. The molecule has 0 aliphatic carbocycles. The van der Waals surface area contributed by atoms with Crippen LogP contribution in [0.15, 0.2) is 53.0 Å². The van der Waals surface area contributed by atoms with Crippen LogP contribution in [0.3, 0.4) is 0 Å². The van der Waals surface area contributed by atoms with Gasteiger partial charge in [0.25, 0.3) is 0 Å². The van der Waals surface area contributed by atoms with Crippen molar-refractivity contribution in [3.8, 4) is 5.75 Å². The van der Waals surface area contributed by atoms with E-state index in [0.29, 0.717) is 5.75 Å². The summed E-state index contributed by atoms with van der Waals surface area (Å²) in [6.45, 7) is 4.27. The summed E-state index contributed by atoms with van der Waals surface area (Å²) in [6, 6.07) is 16.2. The van der Waals surface area contributed by atoms with Gasteiger partial charge in [-0.2, -0.15) is 0 Å². The van der Waals surface area contributed by atoms with Crippen LogP contribution in [0.25, 0.3) is 0 Å². The number of hydrogen-bond acceptors (Lipinski definition) is 2. The van der Waals surface area contributed by atoms with Gasteiger partial charge in [-0.1, -0.05) is 53.2 Å². The van der Waals surface area contributed by atoms with Crippen LogP contribution in [0.5, 0.6) is 5.75 Å². The van der Waals surface area contributed by atoms with Crippen molar-refractivity contribution in [2.45, 2.75) is 32.4 Å². The fourth-order valence-corrected chi connectivity index (χ4v) is 2.80. The van der Waals surface area contributed by atoms with Gasteiger partial charge in [0, 0.05) is 22.1 Å². The summed E-state index contributed by atoms with van der Waals surface area (Å²) in [4.78, 5) is 0. The standard InChI is InChI=1S/C17H20BrNO/c1-3-16(15-9-4-5-10-17(15)20)19-12(2)13-7-6-8-14(18)11-13/h4-12,16,19-20H,3H2,1-2H3/t12-,16?/m0/s1. The van der Waals surface area contributed by atoms with E-state index in [1.807, 2.05) is 30.3 Å². The smallest absolute Gasteiger partial charge is 0.120 e. The van der Waals surface area contributed by atoms with E-state index in [2.05, 4.69) is 47.2 Å². The molecule has 0 amide bonds. The molecule has 0 saturated heterocycles. The SMILES string of the molecule is CCC(N[C@@H](C)c1cccc(Br)c1)c1ccccc1O. The Morgan fingerprint density at radius 2 is 1.90 bits per heavy atom. The number of phenols is 1. The summed E-state index contributed by atoms with van der Waals surface area (Å²) in [7, 11) is 0. The molecule has 2 aromatic rings. The number of aromatic hydroxyl groups is 1. The highest BCUT2D eigenvalue weighted by atomic mass is 79.9. The lowest BCUT2D eigenvalue weighted by Crippen LogP contribution is -2.24. The highest BCUT2D eigenvalue weighted by molar-refractivity contribution is 9.10. The van der Waals surface area contributed by atoms with Crippen LogP contribution in [0.1, 0.15) is 43.5 Å². The van der Waals surface area contributed by atoms with Crippen molar-refractivity contribution in [1.82, 2.24) is 5.32 Å². The van der Waals surface area contributed by atoms with Crippen LogP contribution in [-0.4, -0.2) is 5.11 Å². The molecular formula is C17H20BrNO. The molecule has 106 valence electrons. The predicted molar refractivity (Wildman–Crippen MR) is 86.8 cm³/mol. The molecule has 2 N–H and O–H groups in total. The Bertz CT molecular complexity index is 570. The Morgan fingerprint density at radius 1 is 1.15 bits per heavy atom. The average molecular weight is 334 g/mol. The van der Waals surface area contributed by atoms with E-state index in [0.717, 1.165) is 16.5 Å². The maximum atomic E-state index is 9.99. The third-order valence-corrected chi connectivity index (χ3v) is 4.01. The van der Waals surface area contributed by atoms with Gasteiger partial charge in [-0.15, -0.1) is 0 Å². The summed E-state index contributed by atoms with van der Waals surface area (Å²) < 4.78 is 1.08. The third-order valence-electron chi connectivity index (χ3n) is 3.52. The largest absolute Gasteiger partial charge is 0.508 e. The molecule has 3 heteroatoms. The lowest BCUT2D eigenvalue weighted by molar-refractivity contribution is 0.419. The molecular weight excluding hydrogens is 314 g/mol. The summed E-state index contributed by atoms with van der Waals surface area (Å²) in [5.41, 5.74) is 2.19. The van der Waals surface area contributed by atoms with E-state index in [1.54, 1.807) is 6.07 Å². The molecule has 2 rings (SSSR count). The van der Waals surface area contributed by atoms with E-state index in [4.69, 9.17) is 0 Å². The van der Waals surface area contributed by atoms with Crippen molar-refractivity contribution in [2.24, 2.45) is 0 Å². The van der Waals surface area contributed by atoms with E-state index in [-0.39, 0.29) is 12.1 Å². The van der Waals surface area contributed by atoms with E-state index in [9.17, 15) is 5.11 Å². The summed E-state index contributed by atoms with van der Waals surface area (Å²) in [6.07, 6.45) is 0.927. The van der Waals surface area contributed by atoms with Gasteiger partial charge in [0.15, 0.2) is 0 Å². The van der Waals surface area contributed by atoms with E-state index >= 15 is 0 Å². The fourth-order valence-electron chi connectivity index (χ4n) is 2.38. The second-order valence-corrected chi connectivity index (χ2v) is 5.88. The summed E-state index contributed by atoms with van der Waals surface area (Å²) in [5, 5.41) is 13.6. The maximum Gasteiger partial charge on any atom is 0.120 e. The molecule has 20 heavy (non-hydrogen) atoms. The molecule has 0 spiro atoms. The number of nitrogens with one attached hydrogen (secondary N) is 1. The molecule has 0 aliphatic heterocycles. The first-order chi connectivity index (χ1) is 9.61. The number of benzene rings is 2. The van der Waals surface area contributed by atoms with Crippen LogP contribution >= 0.6 is 15.9 Å². The van der Waals surface area contributed by atoms with Gasteiger partial charge in [0.05, 0.1) is 0 Å². The summed E-state index contributed by atoms with van der Waals surface area (Å²) in [5.74, 6) is 0.355. The number of rotatable bonds is 5. The second kappa shape index (κ2) is 6.91. The Labute approximate surface area is 129 Å². The zero-order chi connectivity index (χ0) is 14.5. The first-order valence-electron chi connectivity index (χ1n) is 6.91. The minimum absolute atomic E-state index is 0.144. The van der Waals surface area contributed by atoms with Crippen molar-refractivity contribution in [2.75, 3.05) is 0 Å². The van der Waals surface area contributed by atoms with Gasteiger partial charge in [-0.05, 0) is 37.1 Å². The van der Waals surface area contributed by atoms with Crippen LogP contribution in [-0.2, 0) is 0 Å². The molecule has 2 atom stereocenters. The maximum absolute atomic E-state index is 9.99. The quantitative estimate of drug-likeness (QED) is 0.810. The van der Waals surface area contributed by atoms with Gasteiger partial charge in [0.2, 0.25) is 0 Å².